The van der Waals surface area contributed by atoms with E-state index in [1.165, 1.54) is 6.92 Å². The summed E-state index contributed by atoms with van der Waals surface area (Å²) in [4.78, 5) is 11.3. The highest BCUT2D eigenvalue weighted by Crippen LogP contribution is 2.17. The zero-order valence-electron chi connectivity index (χ0n) is 14.7. The quantitative estimate of drug-likeness (QED) is 0.412. The molecule has 1 aliphatic rings. The van der Waals surface area contributed by atoms with Gasteiger partial charge >= 0.3 is 5.97 Å². The van der Waals surface area contributed by atoms with Crippen LogP contribution in [0.4, 0.5) is 0 Å². The second-order valence-electron chi connectivity index (χ2n) is 5.54. The molecule has 1 saturated heterocycles. The van der Waals surface area contributed by atoms with Gasteiger partial charge in [0.15, 0.2) is 18.7 Å². The van der Waals surface area contributed by atoms with Crippen molar-refractivity contribution in [3.05, 3.63) is 0 Å². The Balaban J connectivity index is 2.62. The molecular formula is C16H30O8. The van der Waals surface area contributed by atoms with Gasteiger partial charge in [-0.15, -0.1) is 0 Å². The fraction of sp³-hybridized carbons (Fsp3) is 0.938. The summed E-state index contributed by atoms with van der Waals surface area (Å²) in [5, 5.41) is 20.6. The van der Waals surface area contributed by atoms with Gasteiger partial charge in [0.2, 0.25) is 0 Å². The third-order valence-corrected chi connectivity index (χ3v) is 3.55. The van der Waals surface area contributed by atoms with Crippen molar-refractivity contribution in [1.29, 1.82) is 0 Å². The Bertz CT molecular complexity index is 339. The largest absolute Gasteiger partial charge is 0.454 e. The first kappa shape index (κ1) is 21.3. The highest BCUT2D eigenvalue weighted by atomic mass is 16.7. The smallest absolute Gasteiger partial charge is 0.303 e. The molecule has 2 N–H and O–H groups in total. The molecule has 4 atom stereocenters. The van der Waals surface area contributed by atoms with Crippen LogP contribution in [0.25, 0.3) is 0 Å². The van der Waals surface area contributed by atoms with Crippen molar-refractivity contribution in [2.24, 2.45) is 0 Å². The zero-order valence-corrected chi connectivity index (χ0v) is 14.7. The van der Waals surface area contributed by atoms with E-state index in [9.17, 15) is 15.0 Å². The minimum Gasteiger partial charge on any atom is -0.454 e. The molecule has 0 bridgehead atoms. The third-order valence-electron chi connectivity index (χ3n) is 3.55. The second kappa shape index (κ2) is 11.7. The van der Waals surface area contributed by atoms with Gasteiger partial charge < -0.3 is 33.9 Å². The molecule has 4 unspecified atom stereocenters. The first-order valence-electron chi connectivity index (χ1n) is 8.49. The standard InChI is InChI=1S/C16H30O8/c1-4-20-16(21-5-2)15(24-11(3)17)14(19)12(18)10-23-13-8-6-7-9-22-13/h12-16,18-19H,4-10H2,1-3H3. The number of rotatable bonds is 11. The minimum absolute atomic E-state index is 0.144. The summed E-state index contributed by atoms with van der Waals surface area (Å²) < 4.78 is 26.7. The molecule has 0 aromatic rings. The van der Waals surface area contributed by atoms with E-state index in [1.54, 1.807) is 13.8 Å². The molecule has 1 aliphatic heterocycles. The molecule has 142 valence electrons. The summed E-state index contributed by atoms with van der Waals surface area (Å²) in [5.74, 6) is -0.604. The Labute approximate surface area is 143 Å². The summed E-state index contributed by atoms with van der Waals surface area (Å²) in [7, 11) is 0. The molecule has 1 rings (SSSR count). The first-order chi connectivity index (χ1) is 11.5. The molecule has 0 spiro atoms. The minimum atomic E-state index is -1.42. The number of carbonyl (C=O) groups is 1. The highest BCUT2D eigenvalue weighted by Gasteiger charge is 2.37. The predicted octanol–water partition coefficient (Wildman–Crippen LogP) is 0.582. The van der Waals surface area contributed by atoms with Crippen molar-refractivity contribution in [2.75, 3.05) is 26.4 Å². The van der Waals surface area contributed by atoms with Gasteiger partial charge in [0.25, 0.3) is 0 Å². The molecule has 24 heavy (non-hydrogen) atoms. The average molecular weight is 350 g/mol. The van der Waals surface area contributed by atoms with E-state index in [1.807, 2.05) is 0 Å². The van der Waals surface area contributed by atoms with Gasteiger partial charge in [-0.3, -0.25) is 4.79 Å². The van der Waals surface area contributed by atoms with E-state index in [0.717, 1.165) is 19.3 Å². The maximum atomic E-state index is 11.3. The number of ether oxygens (including phenoxy) is 5. The van der Waals surface area contributed by atoms with Crippen molar-refractivity contribution in [3.8, 4) is 0 Å². The molecule has 0 aliphatic carbocycles. The lowest BCUT2D eigenvalue weighted by molar-refractivity contribution is -0.241. The van der Waals surface area contributed by atoms with Crippen LogP contribution < -0.4 is 0 Å². The number of hydrogen-bond donors (Lipinski definition) is 2. The topological polar surface area (TPSA) is 104 Å². The molecular weight excluding hydrogens is 320 g/mol. The average Bonchev–Trinajstić information content (AvgIpc) is 2.57. The van der Waals surface area contributed by atoms with Crippen LogP contribution in [0, 0.1) is 0 Å². The van der Waals surface area contributed by atoms with Crippen molar-refractivity contribution in [1.82, 2.24) is 0 Å². The number of hydrogen-bond acceptors (Lipinski definition) is 8. The van der Waals surface area contributed by atoms with Gasteiger partial charge in [-0.2, -0.15) is 0 Å². The van der Waals surface area contributed by atoms with Crippen molar-refractivity contribution in [3.63, 3.8) is 0 Å². The van der Waals surface area contributed by atoms with Crippen LogP contribution in [0.5, 0.6) is 0 Å². The van der Waals surface area contributed by atoms with Gasteiger partial charge in [0.05, 0.1) is 6.61 Å². The van der Waals surface area contributed by atoms with Crippen LogP contribution >= 0.6 is 0 Å². The van der Waals surface area contributed by atoms with Crippen LogP contribution in [0.1, 0.15) is 40.0 Å². The van der Waals surface area contributed by atoms with Gasteiger partial charge in [-0.25, -0.2) is 0 Å². The highest BCUT2D eigenvalue weighted by molar-refractivity contribution is 5.66. The van der Waals surface area contributed by atoms with E-state index < -0.39 is 30.6 Å². The van der Waals surface area contributed by atoms with Crippen molar-refractivity contribution in [2.45, 2.75) is 70.9 Å². The fourth-order valence-electron chi connectivity index (χ4n) is 2.41. The molecule has 1 fully saturated rings. The predicted molar refractivity (Wildman–Crippen MR) is 84.2 cm³/mol. The van der Waals surface area contributed by atoms with Gasteiger partial charge in [0, 0.05) is 26.7 Å². The van der Waals surface area contributed by atoms with Crippen molar-refractivity contribution < 1.29 is 38.7 Å². The Morgan fingerprint density at radius 2 is 1.88 bits per heavy atom. The summed E-state index contributed by atoms with van der Waals surface area (Å²) >= 11 is 0. The van der Waals surface area contributed by atoms with Crippen LogP contribution in [0.15, 0.2) is 0 Å². The fourth-order valence-corrected chi connectivity index (χ4v) is 2.41. The first-order valence-corrected chi connectivity index (χ1v) is 8.49. The lowest BCUT2D eigenvalue weighted by Gasteiger charge is -2.32. The Morgan fingerprint density at radius 1 is 1.21 bits per heavy atom. The van der Waals surface area contributed by atoms with Gasteiger partial charge in [-0.05, 0) is 33.1 Å². The molecule has 8 nitrogen and oxygen atoms in total. The van der Waals surface area contributed by atoms with E-state index in [4.69, 9.17) is 23.7 Å². The SMILES string of the molecule is CCOC(OCC)C(OC(C)=O)C(O)C(O)COC1CCCCO1. The van der Waals surface area contributed by atoms with E-state index in [-0.39, 0.29) is 12.9 Å². The molecule has 0 radical (unpaired) electrons. The van der Waals surface area contributed by atoms with E-state index in [0.29, 0.717) is 19.8 Å². The monoisotopic (exact) mass is 350 g/mol. The number of aliphatic hydroxyl groups is 2. The molecule has 1 heterocycles. The molecule has 0 aromatic carbocycles. The maximum absolute atomic E-state index is 11.3. The molecule has 0 aromatic heterocycles. The molecule has 0 amide bonds. The van der Waals surface area contributed by atoms with Crippen LogP contribution in [0.3, 0.4) is 0 Å². The summed E-state index contributed by atoms with van der Waals surface area (Å²) in [6.07, 6.45) is -2.48. The summed E-state index contributed by atoms with van der Waals surface area (Å²) in [5.41, 5.74) is 0. The van der Waals surface area contributed by atoms with Gasteiger partial charge in [-0.1, -0.05) is 0 Å². The Morgan fingerprint density at radius 3 is 2.38 bits per heavy atom. The summed E-state index contributed by atoms with van der Waals surface area (Å²) in [6, 6.07) is 0. The normalized spacial score (nSPS) is 22.2. The molecule has 8 heteroatoms. The third kappa shape index (κ3) is 7.42. The zero-order chi connectivity index (χ0) is 17.9. The lowest BCUT2D eigenvalue weighted by atomic mass is 10.1. The number of carbonyl (C=O) groups excluding carboxylic acids is 1. The number of esters is 1. The van der Waals surface area contributed by atoms with E-state index >= 15 is 0 Å². The maximum Gasteiger partial charge on any atom is 0.303 e. The summed E-state index contributed by atoms with van der Waals surface area (Å²) in [6.45, 7) is 5.81. The Kier molecular flexibility index (Phi) is 10.4. The second-order valence-corrected chi connectivity index (χ2v) is 5.54. The van der Waals surface area contributed by atoms with Crippen LogP contribution in [-0.4, -0.2) is 73.5 Å². The van der Waals surface area contributed by atoms with E-state index in [2.05, 4.69) is 0 Å². The molecule has 0 saturated carbocycles. The van der Waals surface area contributed by atoms with Crippen LogP contribution in [0.2, 0.25) is 0 Å². The van der Waals surface area contributed by atoms with Crippen LogP contribution in [-0.2, 0) is 28.5 Å². The number of aliphatic hydroxyl groups excluding tert-OH is 2. The lowest BCUT2D eigenvalue weighted by Crippen LogP contribution is -2.50. The Hall–Kier alpha value is -0.770. The van der Waals surface area contributed by atoms with Crippen molar-refractivity contribution >= 4 is 5.97 Å². The van der Waals surface area contributed by atoms with Gasteiger partial charge in [0.1, 0.15) is 12.2 Å².